The Hall–Kier alpha value is -2.11. The lowest BCUT2D eigenvalue weighted by Gasteiger charge is -2.03. The lowest BCUT2D eigenvalue weighted by molar-refractivity contribution is 0.0598. The summed E-state index contributed by atoms with van der Waals surface area (Å²) < 4.78 is 33.4. The number of anilines is 2. The Morgan fingerprint density at radius 2 is 1.44 bits per heavy atom. The van der Waals surface area contributed by atoms with E-state index in [1.807, 2.05) is 6.92 Å². The monoisotopic (exact) mass is 436 g/mol. The second-order valence-corrected chi connectivity index (χ2v) is 9.36. The Bertz CT molecular complexity index is 899. The van der Waals surface area contributed by atoms with Crippen molar-refractivity contribution >= 4 is 56.0 Å². The van der Waals surface area contributed by atoms with E-state index in [-0.39, 0.29) is 24.0 Å². The summed E-state index contributed by atoms with van der Waals surface area (Å²) in [6.07, 6.45) is 1.03. The molecular formula is C16H24N2O6S3. The molecule has 0 saturated carbocycles. The minimum atomic E-state index is -3.38. The van der Waals surface area contributed by atoms with Crippen LogP contribution in [0.15, 0.2) is 12.1 Å². The molecule has 0 aliphatic rings. The summed E-state index contributed by atoms with van der Waals surface area (Å²) >= 11 is 2.53. The summed E-state index contributed by atoms with van der Waals surface area (Å²) in [5.41, 5.74) is 6.30. The van der Waals surface area contributed by atoms with E-state index < -0.39 is 16.0 Å². The van der Waals surface area contributed by atoms with E-state index in [4.69, 9.17) is 5.73 Å². The SMILES string of the molecule is C.COC(=O)c1sc(C)cc1N.COC(=O)c1sc(C)cc1NS(C)(=O)=O. The summed E-state index contributed by atoms with van der Waals surface area (Å²) in [6.45, 7) is 3.68. The van der Waals surface area contributed by atoms with Gasteiger partial charge in [-0.05, 0) is 26.0 Å². The highest BCUT2D eigenvalue weighted by molar-refractivity contribution is 7.92. The number of hydrogen-bond donors (Lipinski definition) is 2. The summed E-state index contributed by atoms with van der Waals surface area (Å²) in [4.78, 5) is 24.8. The van der Waals surface area contributed by atoms with Crippen LogP contribution in [-0.4, -0.2) is 40.8 Å². The van der Waals surface area contributed by atoms with Crippen LogP contribution in [0.25, 0.3) is 0 Å². The molecule has 2 aromatic rings. The van der Waals surface area contributed by atoms with E-state index in [0.717, 1.165) is 16.0 Å². The summed E-state index contributed by atoms with van der Waals surface area (Å²) in [5, 5.41) is 0. The molecule has 0 atom stereocenters. The average molecular weight is 437 g/mol. The number of nitrogens with one attached hydrogen (secondary N) is 1. The fourth-order valence-corrected chi connectivity index (χ4v) is 4.18. The second-order valence-electron chi connectivity index (χ2n) is 5.10. The van der Waals surface area contributed by atoms with Gasteiger partial charge in [-0.1, -0.05) is 7.43 Å². The number of rotatable bonds is 4. The zero-order valence-corrected chi connectivity index (χ0v) is 17.4. The molecule has 3 N–H and O–H groups in total. The quantitative estimate of drug-likeness (QED) is 0.705. The molecule has 11 heteroatoms. The van der Waals surface area contributed by atoms with Crippen molar-refractivity contribution in [2.24, 2.45) is 0 Å². The molecule has 0 saturated heterocycles. The predicted molar refractivity (Wildman–Crippen MR) is 110 cm³/mol. The number of thiophene rings is 2. The molecule has 0 fully saturated rings. The van der Waals surface area contributed by atoms with E-state index in [1.54, 1.807) is 19.1 Å². The highest BCUT2D eigenvalue weighted by atomic mass is 32.2. The molecule has 2 heterocycles. The van der Waals surface area contributed by atoms with Gasteiger partial charge in [-0.25, -0.2) is 18.0 Å². The number of hydrogen-bond acceptors (Lipinski definition) is 9. The maximum atomic E-state index is 11.3. The maximum Gasteiger partial charge on any atom is 0.350 e. The molecule has 0 unspecified atom stereocenters. The lowest BCUT2D eigenvalue weighted by Crippen LogP contribution is -2.12. The molecule has 2 aromatic heterocycles. The van der Waals surface area contributed by atoms with Crippen molar-refractivity contribution in [1.29, 1.82) is 0 Å². The fourth-order valence-electron chi connectivity index (χ4n) is 1.82. The largest absolute Gasteiger partial charge is 0.465 e. The number of methoxy groups -OCH3 is 2. The van der Waals surface area contributed by atoms with E-state index in [2.05, 4.69) is 14.2 Å². The molecular weight excluding hydrogens is 412 g/mol. The average Bonchev–Trinajstić information content (AvgIpc) is 3.06. The van der Waals surface area contributed by atoms with Crippen LogP contribution < -0.4 is 10.5 Å². The molecule has 0 amide bonds. The third-order valence-electron chi connectivity index (χ3n) is 2.78. The second kappa shape index (κ2) is 10.3. The molecule has 0 aliphatic carbocycles. The smallest absolute Gasteiger partial charge is 0.350 e. The van der Waals surface area contributed by atoms with Crippen LogP contribution in [0.1, 0.15) is 36.5 Å². The first kappa shape index (κ1) is 24.9. The number of sulfonamides is 1. The lowest BCUT2D eigenvalue weighted by atomic mass is 10.4. The van der Waals surface area contributed by atoms with Gasteiger partial charge in [0, 0.05) is 9.75 Å². The van der Waals surface area contributed by atoms with Crippen LogP contribution in [0, 0.1) is 13.8 Å². The van der Waals surface area contributed by atoms with Gasteiger partial charge in [0.25, 0.3) is 0 Å². The van der Waals surface area contributed by atoms with Crippen molar-refractivity contribution in [1.82, 2.24) is 0 Å². The first-order valence-corrected chi connectivity index (χ1v) is 10.6. The fraction of sp³-hybridized carbons (Fsp3) is 0.375. The molecule has 152 valence electrons. The minimum absolute atomic E-state index is 0. The normalized spacial score (nSPS) is 10.1. The minimum Gasteiger partial charge on any atom is -0.465 e. The summed E-state index contributed by atoms with van der Waals surface area (Å²) in [6, 6.07) is 3.36. The summed E-state index contributed by atoms with van der Waals surface area (Å²) in [7, 11) is -0.784. The van der Waals surface area contributed by atoms with Gasteiger partial charge in [0.2, 0.25) is 10.0 Å². The first-order valence-electron chi connectivity index (χ1n) is 7.09. The highest BCUT2D eigenvalue weighted by Gasteiger charge is 2.17. The number of esters is 2. The van der Waals surface area contributed by atoms with Crippen LogP contribution in [-0.2, 0) is 19.5 Å². The predicted octanol–water partition coefficient (Wildman–Crippen LogP) is 3.28. The highest BCUT2D eigenvalue weighted by Crippen LogP contribution is 2.28. The number of nitrogens with two attached hydrogens (primary N) is 1. The number of carbonyl (C=O) groups excluding carboxylic acids is 2. The Morgan fingerprint density at radius 3 is 1.85 bits per heavy atom. The standard InChI is InChI=1S/C8H11NO4S2.C7H9NO2S.CH4/c1-5-4-6(9-15(3,11)12)7(14-5)8(10)13-2;1-4-3-5(8)6(11-4)7(9)10-2;/h4,9H,1-3H3;3H,8H2,1-2H3;1H4. The Kier molecular flexibility index (Phi) is 9.48. The number of nitrogen functional groups attached to an aromatic ring is 1. The van der Waals surface area contributed by atoms with Gasteiger partial charge in [0.15, 0.2) is 0 Å². The zero-order valence-electron chi connectivity index (χ0n) is 14.9. The van der Waals surface area contributed by atoms with Crippen LogP contribution in [0.2, 0.25) is 0 Å². The van der Waals surface area contributed by atoms with Gasteiger partial charge in [0.05, 0.1) is 31.9 Å². The number of carbonyl (C=O) groups is 2. The van der Waals surface area contributed by atoms with Crippen molar-refractivity contribution in [3.05, 3.63) is 31.6 Å². The van der Waals surface area contributed by atoms with E-state index >= 15 is 0 Å². The Morgan fingerprint density at radius 1 is 1.00 bits per heavy atom. The Labute approximate surface area is 167 Å². The molecule has 0 aliphatic heterocycles. The van der Waals surface area contributed by atoms with E-state index in [1.165, 1.54) is 36.9 Å². The van der Waals surface area contributed by atoms with Gasteiger partial charge < -0.3 is 15.2 Å². The van der Waals surface area contributed by atoms with Gasteiger partial charge in [-0.3, -0.25) is 4.72 Å². The topological polar surface area (TPSA) is 125 Å². The van der Waals surface area contributed by atoms with Gasteiger partial charge in [-0.15, -0.1) is 22.7 Å². The van der Waals surface area contributed by atoms with Crippen LogP contribution in [0.4, 0.5) is 11.4 Å². The van der Waals surface area contributed by atoms with Crippen molar-refractivity contribution in [2.75, 3.05) is 30.9 Å². The molecule has 8 nitrogen and oxygen atoms in total. The molecule has 0 spiro atoms. The van der Waals surface area contributed by atoms with E-state index in [9.17, 15) is 18.0 Å². The van der Waals surface area contributed by atoms with Crippen molar-refractivity contribution in [3.63, 3.8) is 0 Å². The van der Waals surface area contributed by atoms with Crippen molar-refractivity contribution in [3.8, 4) is 0 Å². The van der Waals surface area contributed by atoms with Gasteiger partial charge in [0.1, 0.15) is 9.75 Å². The third kappa shape index (κ3) is 7.57. The molecule has 0 aromatic carbocycles. The molecule has 0 bridgehead atoms. The van der Waals surface area contributed by atoms with Crippen LogP contribution in [0.5, 0.6) is 0 Å². The maximum absolute atomic E-state index is 11.3. The van der Waals surface area contributed by atoms with Crippen molar-refractivity contribution in [2.45, 2.75) is 21.3 Å². The zero-order chi connectivity index (χ0) is 20.1. The van der Waals surface area contributed by atoms with E-state index in [0.29, 0.717) is 10.6 Å². The third-order valence-corrected chi connectivity index (χ3v) is 5.44. The van der Waals surface area contributed by atoms with Crippen LogP contribution >= 0.6 is 22.7 Å². The molecule has 2 rings (SSSR count). The van der Waals surface area contributed by atoms with Crippen LogP contribution in [0.3, 0.4) is 0 Å². The number of ether oxygens (including phenoxy) is 2. The van der Waals surface area contributed by atoms with Gasteiger partial charge in [-0.2, -0.15) is 0 Å². The summed E-state index contributed by atoms with van der Waals surface area (Å²) in [5.74, 6) is -0.903. The first-order chi connectivity index (χ1) is 12.0. The molecule has 0 radical (unpaired) electrons. The van der Waals surface area contributed by atoms with Crippen molar-refractivity contribution < 1.29 is 27.5 Å². The Balaban J connectivity index is 0.000000504. The molecule has 27 heavy (non-hydrogen) atoms. The number of aryl methyl sites for hydroxylation is 2. The van der Waals surface area contributed by atoms with Gasteiger partial charge >= 0.3 is 11.9 Å².